The molecular formula is C15H13ClFN3O3. The van der Waals surface area contributed by atoms with E-state index < -0.39 is 17.5 Å². The Bertz CT molecular complexity index is 763. The number of nitrogens with two attached hydrogens (primary N) is 2. The van der Waals surface area contributed by atoms with Crippen LogP contribution >= 0.6 is 11.6 Å². The van der Waals surface area contributed by atoms with Crippen molar-refractivity contribution in [2.45, 2.75) is 0 Å². The van der Waals surface area contributed by atoms with Crippen molar-refractivity contribution >= 4 is 17.6 Å². The highest BCUT2D eigenvalue weighted by Gasteiger charge is 2.12. The molecule has 0 unspecified atom stereocenters. The van der Waals surface area contributed by atoms with Crippen molar-refractivity contribution < 1.29 is 19.0 Å². The number of ether oxygens (including phenoxy) is 1. The number of hydrogen-bond acceptors (Lipinski definition) is 5. The normalized spacial score (nSPS) is 11.6. The minimum absolute atomic E-state index is 0.0228. The van der Waals surface area contributed by atoms with Crippen LogP contribution < -0.4 is 21.7 Å². The molecule has 2 aromatic rings. The molecular weight excluding hydrogens is 325 g/mol. The maximum Gasteiger partial charge on any atom is 0.357 e. The second-order valence-electron chi connectivity index (χ2n) is 4.45. The smallest absolute Gasteiger partial charge is 0.357 e. The molecule has 0 spiro atoms. The van der Waals surface area contributed by atoms with Gasteiger partial charge in [-0.05, 0) is 35.4 Å². The minimum Gasteiger partial charge on any atom is -0.476 e. The number of carboxylic acid groups (broad SMARTS) is 1. The van der Waals surface area contributed by atoms with Crippen LogP contribution in [0.4, 0.5) is 4.39 Å². The fourth-order valence-electron chi connectivity index (χ4n) is 1.77. The first-order valence-corrected chi connectivity index (χ1v) is 6.73. The molecule has 0 radical (unpaired) electrons. The van der Waals surface area contributed by atoms with Gasteiger partial charge in [-0.2, -0.15) is 0 Å². The number of benzene rings is 2. The number of hydrazine groups is 1. The monoisotopic (exact) mass is 337 g/mol. The zero-order valence-electron chi connectivity index (χ0n) is 11.7. The molecule has 0 aliphatic rings. The van der Waals surface area contributed by atoms with Crippen LogP contribution in [0.2, 0.25) is 5.02 Å². The molecule has 0 aliphatic heterocycles. The number of aliphatic carboxylic acids is 1. The van der Waals surface area contributed by atoms with E-state index in [9.17, 15) is 9.18 Å². The Labute approximate surface area is 136 Å². The van der Waals surface area contributed by atoms with Crippen LogP contribution in [-0.4, -0.2) is 11.1 Å². The molecule has 2 rings (SSSR count). The van der Waals surface area contributed by atoms with Crippen molar-refractivity contribution in [3.8, 4) is 16.9 Å². The minimum atomic E-state index is -1.37. The summed E-state index contributed by atoms with van der Waals surface area (Å²) in [5.41, 5.74) is 8.36. The highest BCUT2D eigenvalue weighted by atomic mass is 35.5. The van der Waals surface area contributed by atoms with Gasteiger partial charge in [-0.15, -0.1) is 0 Å². The van der Waals surface area contributed by atoms with Crippen molar-refractivity contribution in [2.24, 2.45) is 11.6 Å². The van der Waals surface area contributed by atoms with Gasteiger partial charge < -0.3 is 15.6 Å². The molecule has 23 heavy (non-hydrogen) atoms. The molecule has 0 fully saturated rings. The van der Waals surface area contributed by atoms with E-state index in [-0.39, 0.29) is 10.9 Å². The van der Waals surface area contributed by atoms with Crippen molar-refractivity contribution in [3.05, 3.63) is 64.9 Å². The molecule has 6 nitrogen and oxygen atoms in total. The first kappa shape index (κ1) is 16.6. The topological polar surface area (TPSA) is 111 Å². The molecule has 2 aromatic carbocycles. The molecule has 120 valence electrons. The predicted octanol–water partition coefficient (Wildman–Crippen LogP) is 2.20. The lowest BCUT2D eigenvalue weighted by Crippen LogP contribution is -2.31. The Hall–Kier alpha value is -2.77. The predicted molar refractivity (Wildman–Crippen MR) is 83.6 cm³/mol. The third-order valence-electron chi connectivity index (χ3n) is 2.93. The van der Waals surface area contributed by atoms with Crippen molar-refractivity contribution in [1.29, 1.82) is 0 Å². The van der Waals surface area contributed by atoms with E-state index in [2.05, 4.69) is 5.43 Å². The summed E-state index contributed by atoms with van der Waals surface area (Å²) in [5.74, 6) is 3.36. The van der Waals surface area contributed by atoms with Gasteiger partial charge in [0.25, 0.3) is 0 Å². The van der Waals surface area contributed by atoms with Crippen molar-refractivity contribution in [2.75, 3.05) is 0 Å². The lowest BCUT2D eigenvalue weighted by atomic mass is 10.1. The van der Waals surface area contributed by atoms with Gasteiger partial charge in [-0.25, -0.2) is 15.0 Å². The fraction of sp³-hybridized carbons (Fsp3) is 0. The molecule has 0 amide bonds. The van der Waals surface area contributed by atoms with Crippen molar-refractivity contribution in [3.63, 3.8) is 0 Å². The lowest BCUT2D eigenvalue weighted by molar-refractivity contribution is -0.132. The number of hydrogen-bond donors (Lipinski definition) is 4. The molecule has 0 heterocycles. The summed E-state index contributed by atoms with van der Waals surface area (Å²) < 4.78 is 18.4. The Morgan fingerprint density at radius 2 is 1.78 bits per heavy atom. The first-order chi connectivity index (χ1) is 10.9. The second-order valence-corrected chi connectivity index (χ2v) is 4.85. The Kier molecular flexibility index (Phi) is 5.05. The van der Waals surface area contributed by atoms with Gasteiger partial charge in [0.1, 0.15) is 11.6 Å². The fourth-order valence-corrected chi connectivity index (χ4v) is 1.95. The molecule has 0 saturated heterocycles. The molecule has 0 saturated carbocycles. The van der Waals surface area contributed by atoms with Crippen LogP contribution in [0.25, 0.3) is 11.1 Å². The van der Waals surface area contributed by atoms with E-state index in [0.29, 0.717) is 5.75 Å². The Morgan fingerprint density at radius 3 is 2.30 bits per heavy atom. The number of carbonyl (C=O) groups is 1. The number of rotatable bonds is 5. The quantitative estimate of drug-likeness (QED) is 0.288. The molecule has 0 aromatic heterocycles. The van der Waals surface area contributed by atoms with E-state index in [1.165, 1.54) is 12.1 Å². The summed E-state index contributed by atoms with van der Waals surface area (Å²) in [4.78, 5) is 10.8. The van der Waals surface area contributed by atoms with E-state index >= 15 is 0 Å². The van der Waals surface area contributed by atoms with E-state index in [0.717, 1.165) is 11.1 Å². The average Bonchev–Trinajstić information content (AvgIpc) is 2.55. The standard InChI is InChI=1S/C15H13ClFN3O3/c16-11-7-9(3-6-12(11)17)8-1-4-10(5-2-8)23-14(20-19)13(18)15(21)22/h1-7,20H,18-19H2,(H,21,22)/b14-13+. The summed E-state index contributed by atoms with van der Waals surface area (Å²) in [7, 11) is 0. The van der Waals surface area contributed by atoms with Crippen LogP contribution in [0.3, 0.4) is 0 Å². The van der Waals surface area contributed by atoms with E-state index in [1.54, 1.807) is 30.3 Å². The van der Waals surface area contributed by atoms with Gasteiger partial charge in [-0.3, -0.25) is 5.43 Å². The Morgan fingerprint density at radius 1 is 1.17 bits per heavy atom. The molecule has 0 atom stereocenters. The van der Waals surface area contributed by atoms with E-state index in [1.807, 2.05) is 0 Å². The summed E-state index contributed by atoms with van der Waals surface area (Å²) >= 11 is 5.75. The lowest BCUT2D eigenvalue weighted by Gasteiger charge is -2.11. The third-order valence-corrected chi connectivity index (χ3v) is 3.22. The van der Waals surface area contributed by atoms with Crippen molar-refractivity contribution in [1.82, 2.24) is 5.43 Å². The summed E-state index contributed by atoms with van der Waals surface area (Å²) in [5, 5.41) is 8.82. The highest BCUT2D eigenvalue weighted by Crippen LogP contribution is 2.26. The number of nitrogens with one attached hydrogen (secondary N) is 1. The Balaban J connectivity index is 2.24. The van der Waals surface area contributed by atoms with Gasteiger partial charge in [0.15, 0.2) is 5.70 Å². The zero-order valence-corrected chi connectivity index (χ0v) is 12.5. The SMILES string of the molecule is NN/C(Oc1ccc(-c2ccc(F)c(Cl)c2)cc1)=C(\N)C(=O)O. The van der Waals surface area contributed by atoms with Crippen LogP contribution in [-0.2, 0) is 4.79 Å². The summed E-state index contributed by atoms with van der Waals surface area (Å²) in [6.07, 6.45) is 0. The van der Waals surface area contributed by atoms with E-state index in [4.69, 9.17) is 33.0 Å². The zero-order chi connectivity index (χ0) is 17.0. The van der Waals surface area contributed by atoms with Gasteiger partial charge in [0, 0.05) is 0 Å². The van der Waals surface area contributed by atoms with Gasteiger partial charge in [0.2, 0.25) is 5.88 Å². The largest absolute Gasteiger partial charge is 0.476 e. The van der Waals surface area contributed by atoms with Crippen LogP contribution in [0, 0.1) is 5.82 Å². The maximum atomic E-state index is 13.2. The van der Waals surface area contributed by atoms with Crippen LogP contribution in [0.5, 0.6) is 5.75 Å². The van der Waals surface area contributed by atoms with Gasteiger partial charge >= 0.3 is 5.97 Å². The summed E-state index contributed by atoms with van der Waals surface area (Å²) in [6.45, 7) is 0. The molecule has 8 heteroatoms. The maximum absolute atomic E-state index is 13.2. The molecule has 0 bridgehead atoms. The van der Waals surface area contributed by atoms with Crippen LogP contribution in [0.15, 0.2) is 54.0 Å². The average molecular weight is 338 g/mol. The number of halogens is 2. The van der Waals surface area contributed by atoms with Gasteiger partial charge in [0.05, 0.1) is 5.02 Å². The summed E-state index contributed by atoms with van der Waals surface area (Å²) in [6, 6.07) is 10.9. The van der Waals surface area contributed by atoms with Gasteiger partial charge in [-0.1, -0.05) is 29.8 Å². The van der Waals surface area contributed by atoms with Crippen LogP contribution in [0.1, 0.15) is 0 Å². The first-order valence-electron chi connectivity index (χ1n) is 6.35. The number of carboxylic acids is 1. The third kappa shape index (κ3) is 3.91. The molecule has 0 aliphatic carbocycles. The molecule has 6 N–H and O–H groups in total. The highest BCUT2D eigenvalue weighted by molar-refractivity contribution is 6.31. The second kappa shape index (κ2) is 6.99.